The summed E-state index contributed by atoms with van der Waals surface area (Å²) in [4.78, 5) is 26.7. The fourth-order valence-corrected chi connectivity index (χ4v) is 3.50. The van der Waals surface area contributed by atoms with Crippen LogP contribution in [-0.2, 0) is 4.79 Å². The van der Waals surface area contributed by atoms with E-state index in [0.717, 1.165) is 42.8 Å². The first kappa shape index (κ1) is 15.8. The van der Waals surface area contributed by atoms with Gasteiger partial charge in [0.2, 0.25) is 5.91 Å². The highest BCUT2D eigenvalue weighted by atomic mass is 16.2. The van der Waals surface area contributed by atoms with Crippen molar-refractivity contribution in [2.75, 3.05) is 13.1 Å². The lowest BCUT2D eigenvalue weighted by atomic mass is 9.96. The number of amides is 1. The first-order valence-electron chi connectivity index (χ1n) is 8.71. The Morgan fingerprint density at radius 3 is 2.84 bits per heavy atom. The highest BCUT2D eigenvalue weighted by Crippen LogP contribution is 2.28. The predicted molar refractivity (Wildman–Crippen MR) is 94.1 cm³/mol. The largest absolute Gasteiger partial charge is 0.342 e. The standard InChI is InChI=1S/C18H22N6O/c1-12-3-4-15-16(9-12)22-17(21-15)14-5-7-23(8-6-14)18(25)13(2)24-11-19-10-20-24/h3-4,9-11,13-14H,5-8H2,1-2H3,(H,21,22)/t13-/m1/s1. The molecule has 130 valence electrons. The average molecular weight is 338 g/mol. The molecule has 1 atom stereocenters. The number of aryl methyl sites for hydroxylation is 1. The molecule has 7 nitrogen and oxygen atoms in total. The molecule has 1 aliphatic heterocycles. The number of fused-ring (bicyclic) bond motifs is 1. The number of carbonyl (C=O) groups is 1. The Labute approximate surface area is 146 Å². The van der Waals surface area contributed by atoms with E-state index in [-0.39, 0.29) is 11.9 Å². The molecule has 0 radical (unpaired) electrons. The molecule has 0 bridgehead atoms. The minimum Gasteiger partial charge on any atom is -0.342 e. The molecule has 3 aromatic rings. The average Bonchev–Trinajstić information content (AvgIpc) is 3.30. The van der Waals surface area contributed by atoms with E-state index < -0.39 is 0 Å². The summed E-state index contributed by atoms with van der Waals surface area (Å²) < 4.78 is 1.61. The van der Waals surface area contributed by atoms with Crippen LogP contribution in [-0.4, -0.2) is 48.6 Å². The number of likely N-dealkylation sites (tertiary alicyclic amines) is 1. The molecule has 0 unspecified atom stereocenters. The molecule has 1 saturated heterocycles. The number of imidazole rings is 1. The molecule has 0 aliphatic carbocycles. The molecule has 0 saturated carbocycles. The fraction of sp³-hybridized carbons (Fsp3) is 0.444. The zero-order valence-corrected chi connectivity index (χ0v) is 14.5. The van der Waals surface area contributed by atoms with E-state index in [9.17, 15) is 4.79 Å². The van der Waals surface area contributed by atoms with Crippen LogP contribution in [0.25, 0.3) is 11.0 Å². The van der Waals surface area contributed by atoms with E-state index >= 15 is 0 Å². The first-order valence-corrected chi connectivity index (χ1v) is 8.71. The first-order chi connectivity index (χ1) is 12.1. The second kappa shape index (κ2) is 6.31. The number of nitrogens with zero attached hydrogens (tertiary/aromatic N) is 5. The lowest BCUT2D eigenvalue weighted by Crippen LogP contribution is -2.41. The van der Waals surface area contributed by atoms with Gasteiger partial charge in [0.15, 0.2) is 0 Å². The minimum atomic E-state index is -0.312. The summed E-state index contributed by atoms with van der Waals surface area (Å²) >= 11 is 0. The van der Waals surface area contributed by atoms with E-state index in [1.807, 2.05) is 11.8 Å². The molecule has 7 heteroatoms. The van der Waals surface area contributed by atoms with Crippen LogP contribution in [0.2, 0.25) is 0 Å². The van der Waals surface area contributed by atoms with Crippen LogP contribution in [0.1, 0.15) is 43.1 Å². The Hall–Kier alpha value is -2.70. The maximum atomic E-state index is 12.6. The summed E-state index contributed by atoms with van der Waals surface area (Å²) in [6.45, 7) is 5.45. The summed E-state index contributed by atoms with van der Waals surface area (Å²) in [5.74, 6) is 1.51. The third-order valence-electron chi connectivity index (χ3n) is 5.04. The third kappa shape index (κ3) is 3.01. The Morgan fingerprint density at radius 1 is 1.32 bits per heavy atom. The van der Waals surface area contributed by atoms with Gasteiger partial charge in [-0.1, -0.05) is 6.07 Å². The summed E-state index contributed by atoms with van der Waals surface area (Å²) in [5.41, 5.74) is 3.33. The third-order valence-corrected chi connectivity index (χ3v) is 5.04. The van der Waals surface area contributed by atoms with Crippen molar-refractivity contribution < 1.29 is 4.79 Å². The maximum Gasteiger partial charge on any atom is 0.247 e. The Balaban J connectivity index is 1.43. The number of H-pyrrole nitrogens is 1. The molecule has 1 amide bonds. The van der Waals surface area contributed by atoms with Gasteiger partial charge in [0.25, 0.3) is 0 Å². The molecular weight excluding hydrogens is 316 g/mol. The van der Waals surface area contributed by atoms with Gasteiger partial charge in [0, 0.05) is 19.0 Å². The second-order valence-electron chi connectivity index (χ2n) is 6.79. The van der Waals surface area contributed by atoms with Crippen LogP contribution in [0.4, 0.5) is 0 Å². The van der Waals surface area contributed by atoms with Gasteiger partial charge < -0.3 is 9.88 Å². The van der Waals surface area contributed by atoms with Crippen LogP contribution in [0.3, 0.4) is 0 Å². The number of hydrogen-bond donors (Lipinski definition) is 1. The highest BCUT2D eigenvalue weighted by molar-refractivity contribution is 5.80. The van der Waals surface area contributed by atoms with Crippen LogP contribution < -0.4 is 0 Å². The second-order valence-corrected chi connectivity index (χ2v) is 6.79. The van der Waals surface area contributed by atoms with E-state index in [0.29, 0.717) is 5.92 Å². The lowest BCUT2D eigenvalue weighted by Gasteiger charge is -2.32. The van der Waals surface area contributed by atoms with Gasteiger partial charge in [0.1, 0.15) is 24.5 Å². The molecule has 3 heterocycles. The normalized spacial score (nSPS) is 17.1. The summed E-state index contributed by atoms with van der Waals surface area (Å²) in [5, 5.41) is 4.07. The fourth-order valence-electron chi connectivity index (χ4n) is 3.50. The van der Waals surface area contributed by atoms with E-state index in [1.54, 1.807) is 11.0 Å². The molecule has 1 N–H and O–H groups in total. The lowest BCUT2D eigenvalue weighted by molar-refractivity contribution is -0.135. The van der Waals surface area contributed by atoms with Crippen molar-refractivity contribution in [2.45, 2.75) is 38.6 Å². The van der Waals surface area contributed by atoms with Crippen molar-refractivity contribution in [3.8, 4) is 0 Å². The minimum absolute atomic E-state index is 0.101. The van der Waals surface area contributed by atoms with E-state index in [4.69, 9.17) is 4.98 Å². The van der Waals surface area contributed by atoms with Crippen molar-refractivity contribution in [3.05, 3.63) is 42.2 Å². The summed E-state index contributed by atoms with van der Waals surface area (Å²) in [6, 6.07) is 5.96. The quantitative estimate of drug-likeness (QED) is 0.795. The molecule has 4 rings (SSSR count). The topological polar surface area (TPSA) is 79.7 Å². The number of aromatic amines is 1. The molecule has 25 heavy (non-hydrogen) atoms. The monoisotopic (exact) mass is 338 g/mol. The maximum absolute atomic E-state index is 12.6. The Morgan fingerprint density at radius 2 is 2.12 bits per heavy atom. The van der Waals surface area contributed by atoms with Crippen LogP contribution in [0.5, 0.6) is 0 Å². The Bertz CT molecular complexity index is 876. The number of benzene rings is 1. The number of piperidine rings is 1. The smallest absolute Gasteiger partial charge is 0.247 e. The zero-order chi connectivity index (χ0) is 17.4. The van der Waals surface area contributed by atoms with E-state index in [2.05, 4.69) is 40.2 Å². The summed E-state index contributed by atoms with van der Waals surface area (Å²) in [6.07, 6.45) is 4.90. The SMILES string of the molecule is Cc1ccc2nc(C3CCN(C(=O)[C@@H](C)n4cncn4)CC3)[nH]c2c1. The van der Waals surface area contributed by atoms with E-state index in [1.165, 1.54) is 11.9 Å². The molecular formula is C18H22N6O. The van der Waals surface area contributed by atoms with Crippen molar-refractivity contribution >= 4 is 16.9 Å². The molecule has 2 aromatic heterocycles. The highest BCUT2D eigenvalue weighted by Gasteiger charge is 2.29. The van der Waals surface area contributed by atoms with Gasteiger partial charge in [-0.25, -0.2) is 14.6 Å². The van der Waals surface area contributed by atoms with Gasteiger partial charge in [-0.2, -0.15) is 5.10 Å². The van der Waals surface area contributed by atoms with Crippen molar-refractivity contribution in [2.24, 2.45) is 0 Å². The van der Waals surface area contributed by atoms with Crippen molar-refractivity contribution in [3.63, 3.8) is 0 Å². The molecule has 1 fully saturated rings. The molecule has 1 aliphatic rings. The number of nitrogens with one attached hydrogen (secondary N) is 1. The van der Waals surface area contributed by atoms with Crippen LogP contribution in [0, 0.1) is 6.92 Å². The van der Waals surface area contributed by atoms with Gasteiger partial charge in [-0.3, -0.25) is 4.79 Å². The number of carbonyl (C=O) groups excluding carboxylic acids is 1. The van der Waals surface area contributed by atoms with Crippen molar-refractivity contribution in [1.29, 1.82) is 0 Å². The zero-order valence-electron chi connectivity index (χ0n) is 14.5. The Kier molecular flexibility index (Phi) is 3.99. The van der Waals surface area contributed by atoms with Crippen molar-refractivity contribution in [1.82, 2.24) is 29.6 Å². The van der Waals surface area contributed by atoms with Gasteiger partial charge in [0.05, 0.1) is 11.0 Å². The number of rotatable bonds is 3. The molecule has 0 spiro atoms. The van der Waals surface area contributed by atoms with Crippen LogP contribution >= 0.6 is 0 Å². The number of hydrogen-bond acceptors (Lipinski definition) is 4. The molecule has 1 aromatic carbocycles. The number of aromatic nitrogens is 5. The van der Waals surface area contributed by atoms with Gasteiger partial charge in [-0.05, 0) is 44.4 Å². The predicted octanol–water partition coefficient (Wildman–Crippen LogP) is 2.43. The van der Waals surface area contributed by atoms with Gasteiger partial charge >= 0.3 is 0 Å². The summed E-state index contributed by atoms with van der Waals surface area (Å²) in [7, 11) is 0. The van der Waals surface area contributed by atoms with Gasteiger partial charge in [-0.15, -0.1) is 0 Å². The van der Waals surface area contributed by atoms with Crippen LogP contribution in [0.15, 0.2) is 30.9 Å².